The average molecular weight is 256 g/mol. The first-order valence-electron chi connectivity index (χ1n) is 6.53. The molecule has 1 aliphatic rings. The minimum Gasteiger partial charge on any atom is -0.346 e. The predicted octanol–water partition coefficient (Wildman–Crippen LogP) is -0.996. The van der Waals surface area contributed by atoms with E-state index in [0.29, 0.717) is 6.04 Å². The second kappa shape index (κ2) is 7.33. The van der Waals surface area contributed by atoms with E-state index in [1.807, 2.05) is 0 Å². The van der Waals surface area contributed by atoms with Crippen molar-refractivity contribution in [2.24, 2.45) is 5.73 Å². The normalized spacial score (nSPS) is 19.8. The van der Waals surface area contributed by atoms with Gasteiger partial charge in [0.2, 0.25) is 11.8 Å². The summed E-state index contributed by atoms with van der Waals surface area (Å²) in [7, 11) is 1.78. The molecule has 1 saturated heterocycles. The number of nitrogens with two attached hydrogens (primary N) is 1. The van der Waals surface area contributed by atoms with E-state index >= 15 is 0 Å². The van der Waals surface area contributed by atoms with Crippen molar-refractivity contribution in [1.29, 1.82) is 0 Å². The molecule has 18 heavy (non-hydrogen) atoms. The fourth-order valence-electron chi connectivity index (χ4n) is 2.32. The summed E-state index contributed by atoms with van der Waals surface area (Å²) in [6, 6.07) is 0.453. The molecule has 0 saturated carbocycles. The van der Waals surface area contributed by atoms with Crippen LogP contribution in [0.15, 0.2) is 0 Å². The molecule has 0 bridgehead atoms. The summed E-state index contributed by atoms with van der Waals surface area (Å²) in [5.74, 6) is -0.368. The lowest BCUT2D eigenvalue weighted by Crippen LogP contribution is -2.45. The van der Waals surface area contributed by atoms with Crippen LogP contribution in [0.3, 0.4) is 0 Å². The molecular weight excluding hydrogens is 232 g/mol. The van der Waals surface area contributed by atoms with Gasteiger partial charge in [0.15, 0.2) is 0 Å². The van der Waals surface area contributed by atoms with Gasteiger partial charge < -0.3 is 16.0 Å². The maximum absolute atomic E-state index is 11.8. The molecule has 1 rings (SSSR count). The third kappa shape index (κ3) is 4.27. The number of hydrogen-bond donors (Lipinski definition) is 2. The van der Waals surface area contributed by atoms with Gasteiger partial charge in [-0.25, -0.2) is 0 Å². The summed E-state index contributed by atoms with van der Waals surface area (Å²) in [6.07, 6.45) is 2.34. The predicted molar refractivity (Wildman–Crippen MR) is 70.0 cm³/mol. The van der Waals surface area contributed by atoms with Crippen molar-refractivity contribution in [1.82, 2.24) is 15.1 Å². The number of nitrogens with one attached hydrogen (secondary N) is 1. The maximum atomic E-state index is 11.8. The molecule has 0 aromatic rings. The third-order valence-electron chi connectivity index (χ3n) is 3.44. The van der Waals surface area contributed by atoms with E-state index in [9.17, 15) is 9.59 Å². The zero-order valence-corrected chi connectivity index (χ0v) is 11.3. The van der Waals surface area contributed by atoms with Crippen molar-refractivity contribution in [3.8, 4) is 0 Å². The van der Waals surface area contributed by atoms with Crippen molar-refractivity contribution in [3.63, 3.8) is 0 Å². The fraction of sp³-hybridized carbons (Fsp3) is 0.833. The Hall–Kier alpha value is -1.14. The average Bonchev–Trinajstić information content (AvgIpc) is 2.82. The van der Waals surface area contributed by atoms with Crippen LogP contribution < -0.4 is 11.1 Å². The molecule has 0 aromatic carbocycles. The van der Waals surface area contributed by atoms with Crippen LogP contribution >= 0.6 is 0 Å². The lowest BCUT2D eigenvalue weighted by molar-refractivity contribution is -0.132. The van der Waals surface area contributed by atoms with Crippen LogP contribution in [0.25, 0.3) is 0 Å². The number of carbonyl (C=O) groups is 2. The molecule has 6 heteroatoms. The first kappa shape index (κ1) is 14.9. The zero-order chi connectivity index (χ0) is 13.5. The summed E-state index contributed by atoms with van der Waals surface area (Å²) >= 11 is 0. The topological polar surface area (TPSA) is 78.7 Å². The number of nitrogens with zero attached hydrogens (tertiary/aromatic N) is 2. The monoisotopic (exact) mass is 256 g/mol. The number of rotatable bonds is 6. The summed E-state index contributed by atoms with van der Waals surface area (Å²) in [6.45, 7) is 4.96. The van der Waals surface area contributed by atoms with Gasteiger partial charge in [-0.1, -0.05) is 6.92 Å². The minimum atomic E-state index is -0.298. The van der Waals surface area contributed by atoms with Gasteiger partial charge in [0.05, 0.1) is 13.1 Å². The Morgan fingerprint density at radius 1 is 1.50 bits per heavy atom. The van der Waals surface area contributed by atoms with Crippen LogP contribution in [0.4, 0.5) is 0 Å². The second-order valence-corrected chi connectivity index (χ2v) is 4.68. The van der Waals surface area contributed by atoms with Crippen molar-refractivity contribution in [2.45, 2.75) is 25.8 Å². The molecule has 0 radical (unpaired) electrons. The highest BCUT2D eigenvalue weighted by molar-refractivity contribution is 5.85. The van der Waals surface area contributed by atoms with Crippen LogP contribution in [0.2, 0.25) is 0 Å². The summed E-state index contributed by atoms with van der Waals surface area (Å²) in [4.78, 5) is 26.8. The fourth-order valence-corrected chi connectivity index (χ4v) is 2.32. The van der Waals surface area contributed by atoms with Gasteiger partial charge in [-0.3, -0.25) is 14.5 Å². The van der Waals surface area contributed by atoms with Crippen LogP contribution in [-0.4, -0.2) is 67.4 Å². The van der Waals surface area contributed by atoms with Crippen molar-refractivity contribution < 1.29 is 9.59 Å². The molecule has 0 aliphatic carbocycles. The summed E-state index contributed by atoms with van der Waals surface area (Å²) in [5.41, 5.74) is 5.16. The Morgan fingerprint density at radius 3 is 2.83 bits per heavy atom. The van der Waals surface area contributed by atoms with Gasteiger partial charge in [-0.05, 0) is 25.9 Å². The standard InChI is InChI=1S/C12H24N4O2/c1-3-16-6-4-5-10(16)9-15(2)12(18)8-14-11(17)7-13/h10H,3-9,13H2,1-2H3,(H,14,17). The number of likely N-dealkylation sites (tertiary alicyclic amines) is 1. The third-order valence-corrected chi connectivity index (χ3v) is 3.44. The Bertz CT molecular complexity index is 296. The molecule has 2 amide bonds. The van der Waals surface area contributed by atoms with Crippen LogP contribution in [-0.2, 0) is 9.59 Å². The van der Waals surface area contributed by atoms with Gasteiger partial charge in [-0.15, -0.1) is 0 Å². The van der Waals surface area contributed by atoms with Gasteiger partial charge >= 0.3 is 0 Å². The van der Waals surface area contributed by atoms with E-state index in [2.05, 4.69) is 17.1 Å². The molecule has 1 unspecified atom stereocenters. The number of hydrogen-bond acceptors (Lipinski definition) is 4. The highest BCUT2D eigenvalue weighted by atomic mass is 16.2. The van der Waals surface area contributed by atoms with E-state index in [-0.39, 0.29) is 24.9 Å². The molecule has 104 valence electrons. The molecule has 1 fully saturated rings. The maximum Gasteiger partial charge on any atom is 0.241 e. The molecule has 1 aliphatic heterocycles. The van der Waals surface area contributed by atoms with Gasteiger partial charge in [0.25, 0.3) is 0 Å². The number of carbonyl (C=O) groups excluding carboxylic acids is 2. The number of likely N-dealkylation sites (N-methyl/N-ethyl adjacent to an activating group) is 2. The lowest BCUT2D eigenvalue weighted by Gasteiger charge is -2.27. The lowest BCUT2D eigenvalue weighted by atomic mass is 10.2. The van der Waals surface area contributed by atoms with E-state index in [0.717, 1.165) is 26.1 Å². The number of amides is 2. The highest BCUT2D eigenvalue weighted by Gasteiger charge is 2.25. The Kier molecular flexibility index (Phi) is 6.07. The molecule has 3 N–H and O–H groups in total. The molecule has 0 spiro atoms. The molecule has 0 aromatic heterocycles. The van der Waals surface area contributed by atoms with Crippen LogP contribution in [0.5, 0.6) is 0 Å². The molecule has 1 heterocycles. The quantitative estimate of drug-likeness (QED) is 0.639. The summed E-state index contributed by atoms with van der Waals surface area (Å²) < 4.78 is 0. The zero-order valence-electron chi connectivity index (χ0n) is 11.3. The van der Waals surface area contributed by atoms with Gasteiger partial charge in [0.1, 0.15) is 0 Å². The largest absolute Gasteiger partial charge is 0.346 e. The molecule has 1 atom stereocenters. The van der Waals surface area contributed by atoms with Crippen LogP contribution in [0, 0.1) is 0 Å². The first-order valence-corrected chi connectivity index (χ1v) is 6.53. The van der Waals surface area contributed by atoms with E-state index in [1.54, 1.807) is 11.9 Å². The van der Waals surface area contributed by atoms with Crippen LogP contribution in [0.1, 0.15) is 19.8 Å². The van der Waals surface area contributed by atoms with E-state index in [4.69, 9.17) is 5.73 Å². The van der Waals surface area contributed by atoms with Crippen molar-refractivity contribution >= 4 is 11.8 Å². The van der Waals surface area contributed by atoms with Gasteiger partial charge in [0, 0.05) is 19.6 Å². The molecule has 6 nitrogen and oxygen atoms in total. The Balaban J connectivity index is 2.33. The van der Waals surface area contributed by atoms with E-state index < -0.39 is 0 Å². The molecular formula is C12H24N4O2. The van der Waals surface area contributed by atoms with E-state index in [1.165, 1.54) is 6.42 Å². The first-order chi connectivity index (χ1) is 8.58. The Morgan fingerprint density at radius 2 is 2.22 bits per heavy atom. The Labute approximate surface area is 108 Å². The van der Waals surface area contributed by atoms with Crippen molar-refractivity contribution in [3.05, 3.63) is 0 Å². The van der Waals surface area contributed by atoms with Crippen molar-refractivity contribution in [2.75, 3.05) is 39.8 Å². The highest BCUT2D eigenvalue weighted by Crippen LogP contribution is 2.17. The second-order valence-electron chi connectivity index (χ2n) is 4.68. The smallest absolute Gasteiger partial charge is 0.241 e. The summed E-state index contributed by atoms with van der Waals surface area (Å²) in [5, 5.41) is 2.49. The van der Waals surface area contributed by atoms with Gasteiger partial charge in [-0.2, -0.15) is 0 Å². The SMILES string of the molecule is CCN1CCCC1CN(C)C(=O)CNC(=O)CN. The minimum absolute atomic E-state index is 0.0331.